The van der Waals surface area contributed by atoms with Crippen molar-refractivity contribution < 1.29 is 28.5 Å². The number of para-hydroxylation sites is 1. The van der Waals surface area contributed by atoms with Crippen molar-refractivity contribution in [2.75, 3.05) is 14.2 Å². The van der Waals surface area contributed by atoms with Gasteiger partial charge in [0.25, 0.3) is 0 Å². The fourth-order valence-electron chi connectivity index (χ4n) is 4.18. The standard InChI is InChI=1S/C26H20O6/c1-29-16-9-7-15(8-10-16)13-22-25(28)18-11-12-21-24(26(18)32-22)19(14-23(27)31-21)17-5-3-4-6-20(17)30-2/h3-13,19H,14H2,1-2H3/b22-13-/t19-/m1/s1. The summed E-state index contributed by atoms with van der Waals surface area (Å²) in [7, 11) is 3.19. The molecule has 0 unspecified atom stereocenters. The quantitative estimate of drug-likeness (QED) is 0.339. The zero-order valence-corrected chi connectivity index (χ0v) is 17.6. The molecule has 0 spiro atoms. The summed E-state index contributed by atoms with van der Waals surface area (Å²) in [5.74, 6) is 1.52. The first-order valence-corrected chi connectivity index (χ1v) is 10.2. The van der Waals surface area contributed by atoms with Gasteiger partial charge in [-0.15, -0.1) is 0 Å². The van der Waals surface area contributed by atoms with E-state index in [1.165, 1.54) is 0 Å². The maximum absolute atomic E-state index is 13.1. The molecular weight excluding hydrogens is 408 g/mol. The van der Waals surface area contributed by atoms with E-state index in [1.807, 2.05) is 48.5 Å². The van der Waals surface area contributed by atoms with Crippen molar-refractivity contribution in [1.82, 2.24) is 0 Å². The predicted octanol–water partition coefficient (Wildman–Crippen LogP) is 4.76. The minimum Gasteiger partial charge on any atom is -0.497 e. The van der Waals surface area contributed by atoms with Gasteiger partial charge in [-0.25, -0.2) is 0 Å². The van der Waals surface area contributed by atoms with Crippen molar-refractivity contribution in [3.05, 3.63) is 88.7 Å². The van der Waals surface area contributed by atoms with E-state index in [0.717, 1.165) is 16.9 Å². The summed E-state index contributed by atoms with van der Waals surface area (Å²) in [4.78, 5) is 25.4. The van der Waals surface area contributed by atoms with Gasteiger partial charge in [-0.05, 0) is 42.0 Å². The third kappa shape index (κ3) is 3.30. The van der Waals surface area contributed by atoms with Gasteiger partial charge in [-0.1, -0.05) is 30.3 Å². The highest BCUT2D eigenvalue weighted by atomic mass is 16.5. The van der Waals surface area contributed by atoms with Crippen LogP contribution in [0.25, 0.3) is 6.08 Å². The van der Waals surface area contributed by atoms with Gasteiger partial charge in [0, 0.05) is 17.0 Å². The molecule has 3 aromatic carbocycles. The summed E-state index contributed by atoms with van der Waals surface area (Å²) in [6.45, 7) is 0. The lowest BCUT2D eigenvalue weighted by Crippen LogP contribution is -2.22. The number of hydrogen-bond acceptors (Lipinski definition) is 6. The highest BCUT2D eigenvalue weighted by molar-refractivity contribution is 6.15. The zero-order chi connectivity index (χ0) is 22.2. The van der Waals surface area contributed by atoms with Crippen LogP contribution in [0.2, 0.25) is 0 Å². The second-order valence-corrected chi connectivity index (χ2v) is 7.54. The van der Waals surface area contributed by atoms with Crippen LogP contribution >= 0.6 is 0 Å². The molecule has 0 bridgehead atoms. The Hall–Kier alpha value is -4.06. The van der Waals surface area contributed by atoms with Gasteiger partial charge in [0.2, 0.25) is 5.78 Å². The van der Waals surface area contributed by atoms with Crippen LogP contribution < -0.4 is 18.9 Å². The number of benzene rings is 3. The molecular formula is C26H20O6. The van der Waals surface area contributed by atoms with E-state index in [4.69, 9.17) is 18.9 Å². The Morgan fingerprint density at radius 2 is 1.69 bits per heavy atom. The second kappa shape index (κ2) is 7.89. The van der Waals surface area contributed by atoms with E-state index in [1.54, 1.807) is 32.4 Å². The number of fused-ring (bicyclic) bond motifs is 3. The van der Waals surface area contributed by atoms with Gasteiger partial charge >= 0.3 is 5.97 Å². The summed E-state index contributed by atoms with van der Waals surface area (Å²) in [5.41, 5.74) is 2.77. The largest absolute Gasteiger partial charge is 0.497 e. The number of allylic oxidation sites excluding steroid dienone is 1. The predicted molar refractivity (Wildman–Crippen MR) is 117 cm³/mol. The molecule has 0 fully saturated rings. The highest BCUT2D eigenvalue weighted by Gasteiger charge is 2.39. The second-order valence-electron chi connectivity index (χ2n) is 7.54. The monoisotopic (exact) mass is 428 g/mol. The Labute approximate surface area is 185 Å². The van der Waals surface area contributed by atoms with Gasteiger partial charge in [-0.3, -0.25) is 9.59 Å². The maximum atomic E-state index is 13.1. The average Bonchev–Trinajstić information content (AvgIpc) is 3.14. The molecule has 32 heavy (non-hydrogen) atoms. The lowest BCUT2D eigenvalue weighted by molar-refractivity contribution is -0.135. The number of rotatable bonds is 4. The normalized spacial score (nSPS) is 17.9. The molecule has 160 valence electrons. The molecule has 0 saturated carbocycles. The molecule has 6 nitrogen and oxygen atoms in total. The number of ketones is 1. The number of carbonyl (C=O) groups is 2. The number of Topliss-reactive ketones (excluding diaryl/α,β-unsaturated/α-hetero) is 1. The molecule has 0 saturated heterocycles. The lowest BCUT2D eigenvalue weighted by Gasteiger charge is -2.27. The minimum absolute atomic E-state index is 0.124. The highest BCUT2D eigenvalue weighted by Crippen LogP contribution is 2.50. The van der Waals surface area contributed by atoms with Crippen LogP contribution in [0, 0.1) is 0 Å². The molecule has 5 rings (SSSR count). The Kier molecular flexibility index (Phi) is 4.90. The first-order chi connectivity index (χ1) is 15.6. The SMILES string of the molecule is COc1ccc(/C=C2\Oc3c(ccc4c3[C@@H](c3ccccc3OC)CC(=O)O4)C2=O)cc1. The fraction of sp³-hybridized carbons (Fsp3) is 0.154. The van der Waals surface area contributed by atoms with E-state index < -0.39 is 0 Å². The number of ether oxygens (including phenoxy) is 4. The maximum Gasteiger partial charge on any atom is 0.312 e. The average molecular weight is 428 g/mol. The Morgan fingerprint density at radius 1 is 0.906 bits per heavy atom. The number of methoxy groups -OCH3 is 2. The Bertz CT molecular complexity index is 1260. The first kappa shape index (κ1) is 19.9. The van der Waals surface area contributed by atoms with Gasteiger partial charge in [0.1, 0.15) is 23.0 Å². The summed E-state index contributed by atoms with van der Waals surface area (Å²) in [5, 5.41) is 0. The number of carbonyl (C=O) groups excluding carboxylic acids is 2. The van der Waals surface area contributed by atoms with E-state index in [9.17, 15) is 9.59 Å². The number of hydrogen-bond donors (Lipinski definition) is 0. The van der Waals surface area contributed by atoms with E-state index in [0.29, 0.717) is 28.4 Å². The third-order valence-corrected chi connectivity index (χ3v) is 5.71. The van der Waals surface area contributed by atoms with E-state index >= 15 is 0 Å². The van der Waals surface area contributed by atoms with Gasteiger partial charge in [-0.2, -0.15) is 0 Å². The van der Waals surface area contributed by atoms with Crippen LogP contribution in [0.1, 0.15) is 39.4 Å². The molecule has 1 atom stereocenters. The van der Waals surface area contributed by atoms with Crippen LogP contribution in [0.4, 0.5) is 0 Å². The number of esters is 1. The molecule has 2 aliphatic heterocycles. The third-order valence-electron chi connectivity index (χ3n) is 5.71. The molecule has 2 aliphatic rings. The summed E-state index contributed by atoms with van der Waals surface area (Å²) in [6.07, 6.45) is 1.82. The molecule has 0 amide bonds. The minimum atomic E-state index is -0.356. The van der Waals surface area contributed by atoms with Gasteiger partial charge < -0.3 is 18.9 Å². The molecule has 0 aliphatic carbocycles. The van der Waals surface area contributed by atoms with Crippen molar-refractivity contribution >= 4 is 17.8 Å². The smallest absolute Gasteiger partial charge is 0.312 e. The van der Waals surface area contributed by atoms with Crippen molar-refractivity contribution in [3.63, 3.8) is 0 Å². The molecule has 2 heterocycles. The van der Waals surface area contributed by atoms with Crippen molar-refractivity contribution in [2.45, 2.75) is 12.3 Å². The fourth-order valence-corrected chi connectivity index (χ4v) is 4.18. The van der Waals surface area contributed by atoms with Crippen molar-refractivity contribution in [2.24, 2.45) is 0 Å². The van der Waals surface area contributed by atoms with Crippen molar-refractivity contribution in [1.29, 1.82) is 0 Å². The lowest BCUT2D eigenvalue weighted by atomic mass is 9.84. The topological polar surface area (TPSA) is 71.1 Å². The zero-order valence-electron chi connectivity index (χ0n) is 17.6. The van der Waals surface area contributed by atoms with E-state index in [2.05, 4.69) is 0 Å². The summed E-state index contributed by atoms with van der Waals surface area (Å²) >= 11 is 0. The van der Waals surface area contributed by atoms with Gasteiger partial charge in [0.05, 0.1) is 26.2 Å². The summed E-state index contributed by atoms with van der Waals surface area (Å²) < 4.78 is 22.3. The first-order valence-electron chi connectivity index (χ1n) is 10.2. The van der Waals surface area contributed by atoms with Crippen LogP contribution in [-0.4, -0.2) is 26.0 Å². The Morgan fingerprint density at radius 3 is 2.44 bits per heavy atom. The van der Waals surface area contributed by atoms with Gasteiger partial charge in [0.15, 0.2) is 5.76 Å². The molecule has 6 heteroatoms. The molecule has 0 N–H and O–H groups in total. The van der Waals surface area contributed by atoms with E-state index in [-0.39, 0.29) is 29.9 Å². The van der Waals surface area contributed by atoms with Crippen LogP contribution in [0.3, 0.4) is 0 Å². The molecule has 3 aromatic rings. The van der Waals surface area contributed by atoms with Crippen LogP contribution in [-0.2, 0) is 4.79 Å². The van der Waals surface area contributed by atoms with Crippen molar-refractivity contribution in [3.8, 4) is 23.0 Å². The van der Waals surface area contributed by atoms with Crippen LogP contribution in [0.5, 0.6) is 23.0 Å². The summed E-state index contributed by atoms with van der Waals surface area (Å²) in [6, 6.07) is 18.2. The molecule has 0 radical (unpaired) electrons. The van der Waals surface area contributed by atoms with Crippen LogP contribution in [0.15, 0.2) is 66.4 Å². The molecule has 0 aromatic heterocycles. The Balaban J connectivity index is 1.60.